The molecule has 12 nitrogen and oxygen atoms in total. The van der Waals surface area contributed by atoms with Crippen LogP contribution in [0.5, 0.6) is 0 Å². The summed E-state index contributed by atoms with van der Waals surface area (Å²) in [5.74, 6) is 0. The van der Waals surface area contributed by atoms with Crippen LogP contribution >= 0.6 is 0 Å². The smallest absolute Gasteiger partial charge is 0.156 e. The van der Waals surface area contributed by atoms with Gasteiger partial charge in [-0.05, 0) is 0 Å². The Hall–Kier alpha value is -0.480. The van der Waals surface area contributed by atoms with Crippen molar-refractivity contribution in [2.45, 2.75) is 24.4 Å². The van der Waals surface area contributed by atoms with E-state index in [1.807, 2.05) is 0 Å². The Morgan fingerprint density at radius 2 is 1.20 bits per heavy atom. The van der Waals surface area contributed by atoms with Crippen LogP contribution in [0.3, 0.4) is 0 Å². The quantitative estimate of drug-likeness (QED) is 0.138. The van der Waals surface area contributed by atoms with E-state index >= 15 is 0 Å². The van der Waals surface area contributed by atoms with Crippen LogP contribution in [0, 0.1) is 0 Å². The zero-order valence-electron chi connectivity index (χ0n) is 10.3. The number of ether oxygens (including phenoxy) is 1. The third kappa shape index (κ3) is 6.31. The van der Waals surface area contributed by atoms with Gasteiger partial charge in [0.2, 0.25) is 0 Å². The molecule has 20 heavy (non-hydrogen) atoms. The van der Waals surface area contributed by atoms with E-state index in [0.717, 1.165) is 0 Å². The molecule has 0 fully saturated rings. The SMILES string of the molecule is OCCOCC(OO)C(OO)C(OO)C(COO)OO. The number of rotatable bonds is 13. The molecule has 0 rings (SSSR count). The van der Waals surface area contributed by atoms with Crippen molar-refractivity contribution in [2.24, 2.45) is 0 Å². The molecular formula is C8H18O12. The highest BCUT2D eigenvalue weighted by molar-refractivity contribution is 4.83. The molecule has 0 aliphatic carbocycles. The van der Waals surface area contributed by atoms with Crippen molar-refractivity contribution in [2.75, 3.05) is 26.4 Å². The standard InChI is InChI=1S/C8H18O12/c9-1-2-15-3-5(17-11)7(19-13)8(20-14)6(18-12)4-16-10/h5-14H,1-4H2. The molecule has 6 N–H and O–H groups in total. The van der Waals surface area contributed by atoms with E-state index in [9.17, 15) is 0 Å². The van der Waals surface area contributed by atoms with Gasteiger partial charge in [-0.15, -0.1) is 0 Å². The first kappa shape index (κ1) is 19.5. The Kier molecular flexibility index (Phi) is 12.0. The third-order valence-corrected chi connectivity index (χ3v) is 2.33. The Morgan fingerprint density at radius 1 is 0.700 bits per heavy atom. The minimum Gasteiger partial charge on any atom is -0.394 e. The predicted octanol–water partition coefficient (Wildman–Crippen LogP) is -1.08. The zero-order valence-corrected chi connectivity index (χ0v) is 10.3. The van der Waals surface area contributed by atoms with Crippen molar-refractivity contribution in [1.29, 1.82) is 0 Å². The minimum atomic E-state index is -1.63. The summed E-state index contributed by atoms with van der Waals surface area (Å²) in [4.78, 5) is 19.5. The molecule has 4 atom stereocenters. The van der Waals surface area contributed by atoms with Gasteiger partial charge in [-0.1, -0.05) is 0 Å². The Balaban J connectivity index is 4.76. The first-order valence-corrected chi connectivity index (χ1v) is 5.35. The van der Waals surface area contributed by atoms with Crippen molar-refractivity contribution in [1.82, 2.24) is 0 Å². The summed E-state index contributed by atoms with van der Waals surface area (Å²) in [6, 6.07) is 0. The van der Waals surface area contributed by atoms with E-state index in [1.165, 1.54) is 0 Å². The van der Waals surface area contributed by atoms with Crippen LogP contribution in [0.4, 0.5) is 0 Å². The molecule has 0 aliphatic rings. The summed E-state index contributed by atoms with van der Waals surface area (Å²) in [5, 5.41) is 51.6. The monoisotopic (exact) mass is 306 g/mol. The lowest BCUT2D eigenvalue weighted by Crippen LogP contribution is -2.51. The average Bonchev–Trinajstić information content (AvgIpc) is 2.48. The van der Waals surface area contributed by atoms with Gasteiger partial charge in [0.25, 0.3) is 0 Å². The molecule has 0 heterocycles. The number of hydrogen-bond acceptors (Lipinski definition) is 12. The van der Waals surface area contributed by atoms with Gasteiger partial charge in [0.05, 0.1) is 19.8 Å². The van der Waals surface area contributed by atoms with Crippen molar-refractivity contribution in [3.05, 3.63) is 0 Å². The van der Waals surface area contributed by atoms with Gasteiger partial charge < -0.3 is 9.84 Å². The largest absolute Gasteiger partial charge is 0.394 e. The fourth-order valence-corrected chi connectivity index (χ4v) is 1.39. The molecule has 0 aromatic carbocycles. The number of aliphatic hydroxyl groups excluding tert-OH is 1. The maximum absolute atomic E-state index is 8.77. The molecule has 0 radical (unpaired) electrons. The molecule has 12 heteroatoms. The van der Waals surface area contributed by atoms with E-state index in [4.69, 9.17) is 36.1 Å². The van der Waals surface area contributed by atoms with Gasteiger partial charge in [-0.25, -0.2) is 24.4 Å². The summed E-state index contributed by atoms with van der Waals surface area (Å²) in [6.45, 7) is -1.44. The second-order valence-corrected chi connectivity index (χ2v) is 3.52. The highest BCUT2D eigenvalue weighted by Crippen LogP contribution is 2.16. The summed E-state index contributed by atoms with van der Waals surface area (Å²) in [6.07, 6.45) is -6.12. The summed E-state index contributed by atoms with van der Waals surface area (Å²) in [5.41, 5.74) is 0. The van der Waals surface area contributed by atoms with Crippen molar-refractivity contribution >= 4 is 0 Å². The molecule has 4 unspecified atom stereocenters. The highest BCUT2D eigenvalue weighted by atomic mass is 17.2. The molecule has 0 saturated heterocycles. The van der Waals surface area contributed by atoms with Gasteiger partial charge in [-0.3, -0.25) is 26.3 Å². The van der Waals surface area contributed by atoms with Gasteiger partial charge in [0, 0.05) is 0 Å². The molecule has 0 saturated carbocycles. The van der Waals surface area contributed by atoms with Crippen LogP contribution in [0.2, 0.25) is 0 Å². The third-order valence-electron chi connectivity index (χ3n) is 2.33. The van der Waals surface area contributed by atoms with Crippen molar-refractivity contribution in [3.63, 3.8) is 0 Å². The highest BCUT2D eigenvalue weighted by Gasteiger charge is 2.40. The molecule has 0 spiro atoms. The van der Waals surface area contributed by atoms with Crippen LogP contribution in [0.25, 0.3) is 0 Å². The first-order chi connectivity index (χ1) is 9.69. The molecule has 0 aliphatic heterocycles. The molecule has 0 aromatic heterocycles. The van der Waals surface area contributed by atoms with E-state index in [-0.39, 0.29) is 19.8 Å². The Morgan fingerprint density at radius 3 is 1.55 bits per heavy atom. The van der Waals surface area contributed by atoms with Crippen LogP contribution in [0.1, 0.15) is 0 Å². The predicted molar refractivity (Wildman–Crippen MR) is 56.5 cm³/mol. The van der Waals surface area contributed by atoms with Crippen LogP contribution in [0.15, 0.2) is 0 Å². The lowest BCUT2D eigenvalue weighted by atomic mass is 10.0. The Labute approximate surface area is 112 Å². The second-order valence-electron chi connectivity index (χ2n) is 3.52. The van der Waals surface area contributed by atoms with E-state index in [0.29, 0.717) is 0 Å². The minimum absolute atomic E-state index is 0.0949. The van der Waals surface area contributed by atoms with Gasteiger partial charge >= 0.3 is 0 Å². The molecular weight excluding hydrogens is 288 g/mol. The second kappa shape index (κ2) is 12.3. The topological polar surface area (TPSA) is 177 Å². The maximum atomic E-state index is 8.77. The maximum Gasteiger partial charge on any atom is 0.156 e. The summed E-state index contributed by atoms with van der Waals surface area (Å²) < 4.78 is 4.84. The fraction of sp³-hybridized carbons (Fsp3) is 1.00. The zero-order chi connectivity index (χ0) is 15.4. The van der Waals surface area contributed by atoms with Crippen molar-refractivity contribution < 1.29 is 60.6 Å². The molecule has 0 amide bonds. The van der Waals surface area contributed by atoms with E-state index in [1.54, 1.807) is 0 Å². The average molecular weight is 306 g/mol. The molecule has 122 valence electrons. The van der Waals surface area contributed by atoms with Gasteiger partial charge in [-0.2, -0.15) is 0 Å². The summed E-state index contributed by atoms with van der Waals surface area (Å²) in [7, 11) is 0. The van der Waals surface area contributed by atoms with E-state index < -0.39 is 31.0 Å². The number of hydrogen-bond donors (Lipinski definition) is 6. The van der Waals surface area contributed by atoms with Crippen LogP contribution < -0.4 is 0 Å². The fourth-order valence-electron chi connectivity index (χ4n) is 1.39. The van der Waals surface area contributed by atoms with Crippen LogP contribution in [-0.2, 0) is 29.2 Å². The Bertz CT molecular complexity index is 216. The number of aliphatic hydroxyl groups is 1. The van der Waals surface area contributed by atoms with E-state index in [2.05, 4.69) is 24.4 Å². The first-order valence-electron chi connectivity index (χ1n) is 5.35. The van der Waals surface area contributed by atoms with Gasteiger partial charge in [0.1, 0.15) is 12.7 Å². The lowest BCUT2D eigenvalue weighted by Gasteiger charge is -2.29. The molecule has 0 bridgehead atoms. The lowest BCUT2D eigenvalue weighted by molar-refractivity contribution is -0.432. The van der Waals surface area contributed by atoms with Gasteiger partial charge in [0.15, 0.2) is 18.3 Å². The van der Waals surface area contributed by atoms with Crippen molar-refractivity contribution in [3.8, 4) is 0 Å². The summed E-state index contributed by atoms with van der Waals surface area (Å²) >= 11 is 0. The van der Waals surface area contributed by atoms with Crippen LogP contribution in [-0.4, -0.2) is 82.2 Å². The normalized spacial score (nSPS) is 17.7. The molecule has 0 aromatic rings.